The molecule has 1 amide bonds. The van der Waals surface area contributed by atoms with E-state index in [0.717, 1.165) is 31.7 Å². The van der Waals surface area contributed by atoms with Crippen LogP contribution in [0, 0.1) is 0 Å². The average Bonchev–Trinajstić information content (AvgIpc) is 2.66. The molecule has 2 fully saturated rings. The van der Waals surface area contributed by atoms with E-state index >= 15 is 0 Å². The minimum Gasteiger partial charge on any atom is -0.390 e. The summed E-state index contributed by atoms with van der Waals surface area (Å²) >= 11 is 5.91. The van der Waals surface area contributed by atoms with Crippen LogP contribution in [0.15, 0.2) is 24.3 Å². The third-order valence-electron chi connectivity index (χ3n) is 6.01. The van der Waals surface area contributed by atoms with Gasteiger partial charge in [-0.1, -0.05) is 23.7 Å². The fourth-order valence-electron chi connectivity index (χ4n) is 4.14. The van der Waals surface area contributed by atoms with Gasteiger partial charge in [0.25, 0.3) is 0 Å². The molecule has 0 unspecified atom stereocenters. The maximum Gasteiger partial charge on any atom is 0.227 e. The van der Waals surface area contributed by atoms with Gasteiger partial charge in [-0.05, 0) is 38.0 Å². The lowest BCUT2D eigenvalue weighted by molar-refractivity contribution is -0.156. The molecule has 0 bridgehead atoms. The maximum absolute atomic E-state index is 12.7. The molecule has 0 radical (unpaired) electrons. The first-order valence-electron chi connectivity index (χ1n) is 10.2. The van der Waals surface area contributed by atoms with Crippen molar-refractivity contribution in [1.29, 1.82) is 0 Å². The van der Waals surface area contributed by atoms with Crippen molar-refractivity contribution in [2.45, 2.75) is 44.4 Å². The molecule has 1 aromatic rings. The molecule has 2 atom stereocenters. The SMILES string of the molecule is CC(C)N1CCN(C[C@@]2(O)CN(C(=O)Cc3ccc(Cl)cc3)CC[C@@H]2O)CC1. The van der Waals surface area contributed by atoms with Gasteiger partial charge >= 0.3 is 0 Å². The van der Waals surface area contributed by atoms with Gasteiger partial charge in [0, 0.05) is 50.3 Å². The number of aliphatic hydroxyl groups excluding tert-OH is 1. The van der Waals surface area contributed by atoms with Gasteiger partial charge in [0.05, 0.1) is 19.1 Å². The van der Waals surface area contributed by atoms with E-state index in [1.54, 1.807) is 17.0 Å². The second kappa shape index (κ2) is 9.09. The molecule has 0 saturated carbocycles. The van der Waals surface area contributed by atoms with Crippen LogP contribution in [0.3, 0.4) is 0 Å². The van der Waals surface area contributed by atoms with Crippen LogP contribution in [-0.2, 0) is 11.2 Å². The first kappa shape index (κ1) is 21.5. The highest BCUT2D eigenvalue weighted by atomic mass is 35.5. The minimum atomic E-state index is -1.28. The van der Waals surface area contributed by atoms with Crippen molar-refractivity contribution < 1.29 is 15.0 Å². The topological polar surface area (TPSA) is 67.2 Å². The molecule has 1 aromatic carbocycles. The summed E-state index contributed by atoms with van der Waals surface area (Å²) in [5.74, 6) is -0.0303. The lowest BCUT2D eigenvalue weighted by Crippen LogP contribution is -2.64. The predicted octanol–water partition coefficient (Wildman–Crippen LogP) is 1.23. The van der Waals surface area contributed by atoms with Crippen LogP contribution in [0.4, 0.5) is 0 Å². The average molecular weight is 410 g/mol. The molecule has 2 saturated heterocycles. The minimum absolute atomic E-state index is 0.0303. The smallest absolute Gasteiger partial charge is 0.227 e. The number of hydrogen-bond acceptors (Lipinski definition) is 5. The van der Waals surface area contributed by atoms with Crippen LogP contribution in [0.5, 0.6) is 0 Å². The number of amides is 1. The Balaban J connectivity index is 1.58. The largest absolute Gasteiger partial charge is 0.390 e. The second-order valence-corrected chi connectivity index (χ2v) is 8.87. The maximum atomic E-state index is 12.7. The monoisotopic (exact) mass is 409 g/mol. The molecule has 3 rings (SSSR count). The van der Waals surface area contributed by atoms with Gasteiger partial charge in [-0.2, -0.15) is 0 Å². The van der Waals surface area contributed by atoms with Gasteiger partial charge in [-0.15, -0.1) is 0 Å². The summed E-state index contributed by atoms with van der Waals surface area (Å²) in [6, 6.07) is 7.76. The molecular formula is C21H32ClN3O3. The first-order valence-corrected chi connectivity index (χ1v) is 10.5. The Hall–Kier alpha value is -1.18. The number of β-amino-alcohol motifs (C(OH)–C–C–N with tert-alkyl or cyclic N) is 1. The standard InChI is InChI=1S/C21H32ClN3O3/c1-16(2)24-11-9-23(10-12-24)14-21(28)15-25(8-7-19(21)26)20(27)13-17-3-5-18(22)6-4-17/h3-6,16,19,26,28H,7-15H2,1-2H3/t19-,21+/m0/s1. The van der Waals surface area contributed by atoms with Crippen LogP contribution in [0.2, 0.25) is 5.02 Å². The molecule has 7 heteroatoms. The van der Waals surface area contributed by atoms with Crippen LogP contribution >= 0.6 is 11.6 Å². The lowest BCUT2D eigenvalue weighted by Gasteiger charge is -2.46. The number of nitrogens with zero attached hydrogens (tertiary/aromatic N) is 3. The fourth-order valence-corrected chi connectivity index (χ4v) is 4.27. The summed E-state index contributed by atoms with van der Waals surface area (Å²) in [6.45, 7) is 9.08. The second-order valence-electron chi connectivity index (χ2n) is 8.43. The van der Waals surface area contributed by atoms with Crippen molar-refractivity contribution >= 4 is 17.5 Å². The third kappa shape index (κ3) is 5.24. The van der Waals surface area contributed by atoms with E-state index in [1.807, 2.05) is 12.1 Å². The summed E-state index contributed by atoms with van der Waals surface area (Å²) < 4.78 is 0. The zero-order chi connectivity index (χ0) is 20.3. The summed E-state index contributed by atoms with van der Waals surface area (Å²) in [6.07, 6.45) is -0.138. The Labute approximate surface area is 172 Å². The van der Waals surface area contributed by atoms with E-state index in [1.165, 1.54) is 0 Å². The molecular weight excluding hydrogens is 378 g/mol. The third-order valence-corrected chi connectivity index (χ3v) is 6.27. The highest BCUT2D eigenvalue weighted by Gasteiger charge is 2.43. The van der Waals surface area contributed by atoms with E-state index in [9.17, 15) is 15.0 Å². The number of likely N-dealkylation sites (tertiary alicyclic amines) is 1. The quantitative estimate of drug-likeness (QED) is 0.765. The Kier molecular flexibility index (Phi) is 6.99. The van der Waals surface area contributed by atoms with Crippen molar-refractivity contribution in [1.82, 2.24) is 14.7 Å². The van der Waals surface area contributed by atoms with Crippen molar-refractivity contribution in [2.24, 2.45) is 0 Å². The fraction of sp³-hybridized carbons (Fsp3) is 0.667. The molecule has 2 heterocycles. The number of carbonyl (C=O) groups is 1. The summed E-state index contributed by atoms with van der Waals surface area (Å²) in [5.41, 5.74) is -0.387. The van der Waals surface area contributed by atoms with Crippen LogP contribution in [0.1, 0.15) is 25.8 Å². The Morgan fingerprint density at radius 3 is 2.43 bits per heavy atom. The molecule has 2 aliphatic heterocycles. The molecule has 28 heavy (non-hydrogen) atoms. The van der Waals surface area contributed by atoms with Crippen LogP contribution < -0.4 is 0 Å². The molecule has 0 aromatic heterocycles. The van der Waals surface area contributed by atoms with Gasteiger partial charge < -0.3 is 15.1 Å². The van der Waals surface area contributed by atoms with E-state index in [-0.39, 0.29) is 18.9 Å². The molecule has 2 aliphatic rings. The van der Waals surface area contributed by atoms with Crippen molar-refractivity contribution in [3.8, 4) is 0 Å². The summed E-state index contributed by atoms with van der Waals surface area (Å²) in [4.78, 5) is 19.0. The number of hydrogen-bond donors (Lipinski definition) is 2. The number of halogens is 1. The Bertz CT molecular complexity index is 661. The summed E-state index contributed by atoms with van der Waals surface area (Å²) in [5, 5.41) is 22.3. The number of piperazine rings is 1. The first-order chi connectivity index (χ1) is 13.3. The molecule has 156 valence electrons. The van der Waals surface area contributed by atoms with Gasteiger partial charge in [-0.3, -0.25) is 14.6 Å². The molecule has 6 nitrogen and oxygen atoms in total. The zero-order valence-corrected chi connectivity index (χ0v) is 17.6. The number of benzene rings is 1. The number of rotatable bonds is 5. The summed E-state index contributed by atoms with van der Waals surface area (Å²) in [7, 11) is 0. The number of piperidine rings is 1. The Morgan fingerprint density at radius 1 is 1.18 bits per heavy atom. The van der Waals surface area contributed by atoms with Crippen LogP contribution in [-0.4, -0.2) is 94.4 Å². The van der Waals surface area contributed by atoms with Crippen molar-refractivity contribution in [3.05, 3.63) is 34.9 Å². The molecule has 2 N–H and O–H groups in total. The predicted molar refractivity (Wildman–Crippen MR) is 110 cm³/mol. The van der Waals surface area contributed by atoms with Gasteiger partial charge in [0.1, 0.15) is 5.60 Å². The van der Waals surface area contributed by atoms with E-state index < -0.39 is 11.7 Å². The molecule has 0 spiro atoms. The highest BCUT2D eigenvalue weighted by molar-refractivity contribution is 6.30. The molecule has 0 aliphatic carbocycles. The van der Waals surface area contributed by atoms with E-state index in [4.69, 9.17) is 11.6 Å². The van der Waals surface area contributed by atoms with Crippen LogP contribution in [0.25, 0.3) is 0 Å². The normalized spacial score (nSPS) is 27.4. The van der Waals surface area contributed by atoms with E-state index in [0.29, 0.717) is 30.6 Å². The Morgan fingerprint density at radius 2 is 1.82 bits per heavy atom. The highest BCUT2D eigenvalue weighted by Crippen LogP contribution is 2.25. The van der Waals surface area contributed by atoms with Gasteiger partial charge in [0.2, 0.25) is 5.91 Å². The number of aliphatic hydroxyl groups is 2. The van der Waals surface area contributed by atoms with Crippen molar-refractivity contribution in [2.75, 3.05) is 45.8 Å². The number of carbonyl (C=O) groups excluding carboxylic acids is 1. The van der Waals surface area contributed by atoms with Crippen molar-refractivity contribution in [3.63, 3.8) is 0 Å². The lowest BCUT2D eigenvalue weighted by atomic mass is 9.88. The van der Waals surface area contributed by atoms with E-state index in [2.05, 4.69) is 23.6 Å². The van der Waals surface area contributed by atoms with Gasteiger partial charge in [0.15, 0.2) is 0 Å². The van der Waals surface area contributed by atoms with Gasteiger partial charge in [-0.25, -0.2) is 0 Å². The zero-order valence-electron chi connectivity index (χ0n) is 16.9.